The SMILES string of the molecule is CC(CCOc1ccccc1Br)C(=O)O. The number of halogens is 1. The van der Waals surface area contributed by atoms with Crippen LogP contribution in [0.15, 0.2) is 28.7 Å². The third-order valence-corrected chi connectivity index (χ3v) is 2.72. The first-order valence-corrected chi connectivity index (χ1v) is 5.50. The molecule has 1 aromatic carbocycles. The van der Waals surface area contributed by atoms with Gasteiger partial charge in [-0.1, -0.05) is 19.1 Å². The van der Waals surface area contributed by atoms with Crippen molar-refractivity contribution in [2.24, 2.45) is 5.92 Å². The standard InChI is InChI=1S/C11H13BrO3/c1-8(11(13)14)6-7-15-10-5-3-2-4-9(10)12/h2-5,8H,6-7H2,1H3,(H,13,14). The quantitative estimate of drug-likeness (QED) is 0.897. The molecule has 0 heterocycles. The lowest BCUT2D eigenvalue weighted by molar-refractivity contribution is -0.141. The first-order chi connectivity index (χ1) is 7.11. The predicted octanol–water partition coefficient (Wildman–Crippen LogP) is 2.94. The van der Waals surface area contributed by atoms with Gasteiger partial charge in [-0.2, -0.15) is 0 Å². The molecule has 1 atom stereocenters. The maximum atomic E-state index is 10.5. The van der Waals surface area contributed by atoms with E-state index >= 15 is 0 Å². The second-order valence-electron chi connectivity index (χ2n) is 3.31. The van der Waals surface area contributed by atoms with Gasteiger partial charge in [0.25, 0.3) is 0 Å². The maximum absolute atomic E-state index is 10.5. The molecule has 0 aromatic heterocycles. The zero-order chi connectivity index (χ0) is 11.3. The summed E-state index contributed by atoms with van der Waals surface area (Å²) in [6.45, 7) is 2.09. The summed E-state index contributed by atoms with van der Waals surface area (Å²) in [4.78, 5) is 10.5. The van der Waals surface area contributed by atoms with Crippen molar-refractivity contribution in [3.05, 3.63) is 28.7 Å². The molecular weight excluding hydrogens is 260 g/mol. The third-order valence-electron chi connectivity index (χ3n) is 2.07. The number of para-hydroxylation sites is 1. The minimum absolute atomic E-state index is 0.368. The fourth-order valence-electron chi connectivity index (χ4n) is 1.03. The monoisotopic (exact) mass is 272 g/mol. The van der Waals surface area contributed by atoms with Gasteiger partial charge in [-0.15, -0.1) is 0 Å². The van der Waals surface area contributed by atoms with E-state index in [1.54, 1.807) is 6.92 Å². The Morgan fingerprint density at radius 1 is 1.53 bits per heavy atom. The first kappa shape index (κ1) is 12.0. The summed E-state index contributed by atoms with van der Waals surface area (Å²) in [5, 5.41) is 8.67. The lowest BCUT2D eigenvalue weighted by Crippen LogP contribution is -2.13. The van der Waals surface area contributed by atoms with Crippen LogP contribution in [0.1, 0.15) is 13.3 Å². The lowest BCUT2D eigenvalue weighted by atomic mass is 10.1. The summed E-state index contributed by atoms with van der Waals surface area (Å²) in [6.07, 6.45) is 0.511. The molecule has 1 rings (SSSR count). The Balaban J connectivity index is 2.38. The average molecular weight is 273 g/mol. The van der Waals surface area contributed by atoms with E-state index < -0.39 is 5.97 Å². The highest BCUT2D eigenvalue weighted by atomic mass is 79.9. The van der Waals surface area contributed by atoms with Gasteiger partial charge in [0.2, 0.25) is 0 Å². The van der Waals surface area contributed by atoms with Gasteiger partial charge in [0.15, 0.2) is 0 Å². The fraction of sp³-hybridized carbons (Fsp3) is 0.364. The topological polar surface area (TPSA) is 46.5 Å². The van der Waals surface area contributed by atoms with E-state index in [0.29, 0.717) is 13.0 Å². The van der Waals surface area contributed by atoms with Gasteiger partial charge in [0.05, 0.1) is 17.0 Å². The number of aliphatic carboxylic acids is 1. The van der Waals surface area contributed by atoms with Gasteiger partial charge in [-0.3, -0.25) is 4.79 Å². The Hall–Kier alpha value is -1.03. The number of benzene rings is 1. The van der Waals surface area contributed by atoms with Gasteiger partial charge < -0.3 is 9.84 Å². The lowest BCUT2D eigenvalue weighted by Gasteiger charge is -2.09. The van der Waals surface area contributed by atoms with Crippen LogP contribution in [0.25, 0.3) is 0 Å². The third kappa shape index (κ3) is 3.91. The Labute approximate surface area is 97.2 Å². The van der Waals surface area contributed by atoms with Crippen LogP contribution in [-0.4, -0.2) is 17.7 Å². The van der Waals surface area contributed by atoms with Crippen LogP contribution >= 0.6 is 15.9 Å². The largest absolute Gasteiger partial charge is 0.492 e. The highest BCUT2D eigenvalue weighted by Crippen LogP contribution is 2.24. The maximum Gasteiger partial charge on any atom is 0.306 e. The molecule has 0 saturated carbocycles. The van der Waals surface area contributed by atoms with Gasteiger partial charge >= 0.3 is 5.97 Å². The molecule has 0 bridgehead atoms. The molecule has 0 radical (unpaired) electrons. The van der Waals surface area contributed by atoms with Gasteiger partial charge in [0, 0.05) is 0 Å². The zero-order valence-corrected chi connectivity index (χ0v) is 10.0. The molecule has 1 aromatic rings. The van der Waals surface area contributed by atoms with Crippen molar-refractivity contribution < 1.29 is 14.6 Å². The van der Waals surface area contributed by atoms with Crippen molar-refractivity contribution in [2.75, 3.05) is 6.61 Å². The molecule has 4 heteroatoms. The van der Waals surface area contributed by atoms with Gasteiger partial charge in [-0.05, 0) is 34.5 Å². The number of carboxylic acids is 1. The molecule has 1 N–H and O–H groups in total. The van der Waals surface area contributed by atoms with Crippen molar-refractivity contribution >= 4 is 21.9 Å². The fourth-order valence-corrected chi connectivity index (χ4v) is 1.43. The second kappa shape index (κ2) is 5.75. The Bertz CT molecular complexity index is 338. The summed E-state index contributed by atoms with van der Waals surface area (Å²) in [7, 11) is 0. The van der Waals surface area contributed by atoms with E-state index in [9.17, 15) is 4.79 Å². The number of hydrogen-bond acceptors (Lipinski definition) is 2. The summed E-state index contributed by atoms with van der Waals surface area (Å²) in [6, 6.07) is 7.50. The Morgan fingerprint density at radius 3 is 2.80 bits per heavy atom. The van der Waals surface area contributed by atoms with Crippen LogP contribution < -0.4 is 4.74 Å². The van der Waals surface area contributed by atoms with E-state index in [-0.39, 0.29) is 5.92 Å². The molecule has 0 amide bonds. The van der Waals surface area contributed by atoms with E-state index in [2.05, 4.69) is 15.9 Å². The van der Waals surface area contributed by atoms with Crippen LogP contribution in [0.5, 0.6) is 5.75 Å². The molecule has 0 aliphatic heterocycles. The van der Waals surface area contributed by atoms with Crippen molar-refractivity contribution in [1.29, 1.82) is 0 Å². The number of rotatable bonds is 5. The Morgan fingerprint density at radius 2 is 2.20 bits per heavy atom. The number of ether oxygens (including phenoxy) is 1. The molecule has 0 saturated heterocycles. The summed E-state index contributed by atoms with van der Waals surface area (Å²) in [5.74, 6) is -0.409. The number of carboxylic acid groups (broad SMARTS) is 1. The predicted molar refractivity (Wildman–Crippen MR) is 61.1 cm³/mol. The average Bonchev–Trinajstić information content (AvgIpc) is 2.20. The van der Waals surface area contributed by atoms with E-state index in [1.165, 1.54) is 0 Å². The van der Waals surface area contributed by atoms with Crippen LogP contribution in [0.3, 0.4) is 0 Å². The van der Waals surface area contributed by atoms with Crippen molar-refractivity contribution in [3.8, 4) is 5.75 Å². The molecule has 0 aliphatic carbocycles. The zero-order valence-electron chi connectivity index (χ0n) is 8.44. The van der Waals surface area contributed by atoms with Crippen LogP contribution in [0.4, 0.5) is 0 Å². The molecule has 82 valence electrons. The van der Waals surface area contributed by atoms with Crippen molar-refractivity contribution in [3.63, 3.8) is 0 Å². The number of hydrogen-bond donors (Lipinski definition) is 1. The van der Waals surface area contributed by atoms with Crippen LogP contribution in [0.2, 0.25) is 0 Å². The highest BCUT2D eigenvalue weighted by molar-refractivity contribution is 9.10. The van der Waals surface area contributed by atoms with Crippen molar-refractivity contribution in [1.82, 2.24) is 0 Å². The highest BCUT2D eigenvalue weighted by Gasteiger charge is 2.10. The minimum atomic E-state index is -0.786. The first-order valence-electron chi connectivity index (χ1n) is 4.71. The van der Waals surface area contributed by atoms with Crippen LogP contribution in [0, 0.1) is 5.92 Å². The van der Waals surface area contributed by atoms with Gasteiger partial charge in [-0.25, -0.2) is 0 Å². The molecular formula is C11H13BrO3. The van der Waals surface area contributed by atoms with Crippen molar-refractivity contribution in [2.45, 2.75) is 13.3 Å². The number of carbonyl (C=O) groups is 1. The van der Waals surface area contributed by atoms with E-state index in [4.69, 9.17) is 9.84 Å². The normalized spacial score (nSPS) is 12.1. The molecule has 0 spiro atoms. The van der Waals surface area contributed by atoms with Crippen LogP contribution in [-0.2, 0) is 4.79 Å². The molecule has 0 fully saturated rings. The minimum Gasteiger partial charge on any atom is -0.492 e. The molecule has 0 aliphatic rings. The summed E-state index contributed by atoms with van der Waals surface area (Å²) in [5.41, 5.74) is 0. The smallest absolute Gasteiger partial charge is 0.306 e. The van der Waals surface area contributed by atoms with Gasteiger partial charge in [0.1, 0.15) is 5.75 Å². The second-order valence-corrected chi connectivity index (χ2v) is 4.16. The summed E-state index contributed by atoms with van der Waals surface area (Å²) < 4.78 is 6.33. The van der Waals surface area contributed by atoms with E-state index in [0.717, 1.165) is 10.2 Å². The molecule has 3 nitrogen and oxygen atoms in total. The molecule has 1 unspecified atom stereocenters. The molecule has 15 heavy (non-hydrogen) atoms. The Kier molecular flexibility index (Phi) is 4.62. The van der Waals surface area contributed by atoms with E-state index in [1.807, 2.05) is 24.3 Å². The summed E-state index contributed by atoms with van der Waals surface area (Å²) >= 11 is 3.35.